The van der Waals surface area contributed by atoms with Gasteiger partial charge in [-0.15, -0.1) is 0 Å². The van der Waals surface area contributed by atoms with Crippen molar-refractivity contribution >= 4 is 0 Å². The van der Waals surface area contributed by atoms with Crippen molar-refractivity contribution in [3.63, 3.8) is 0 Å². The molecule has 0 aliphatic heterocycles. The fourth-order valence-corrected chi connectivity index (χ4v) is 2.37. The number of quaternary nitrogens is 1. The van der Waals surface area contributed by atoms with Crippen molar-refractivity contribution in [2.24, 2.45) is 5.92 Å². The van der Waals surface area contributed by atoms with Gasteiger partial charge in [-0.25, -0.2) is 0 Å². The quantitative estimate of drug-likeness (QED) is 0.553. The average molecular weight is 253 g/mol. The number of rotatable bonds is 7. The number of aromatic nitrogens is 1. The molecule has 1 rings (SSSR count). The summed E-state index contributed by atoms with van der Waals surface area (Å²) in [5.74, 6) is 0.851. The van der Waals surface area contributed by atoms with E-state index in [1.54, 1.807) is 14.2 Å². The Labute approximate surface area is 110 Å². The van der Waals surface area contributed by atoms with Gasteiger partial charge in [-0.3, -0.25) is 4.98 Å². The van der Waals surface area contributed by atoms with Crippen LogP contribution in [0.3, 0.4) is 0 Å². The van der Waals surface area contributed by atoms with E-state index in [2.05, 4.69) is 24.9 Å². The van der Waals surface area contributed by atoms with Crippen molar-refractivity contribution in [2.75, 3.05) is 27.8 Å². The summed E-state index contributed by atoms with van der Waals surface area (Å²) in [6, 6.07) is 6.08. The second-order valence-corrected chi connectivity index (χ2v) is 4.81. The SMILES string of the molecule is CCC(c1ccccn1)[C@@H](C)C[N+](C)(OC)OC. The summed E-state index contributed by atoms with van der Waals surface area (Å²) < 4.78 is 0. The zero-order valence-corrected chi connectivity index (χ0v) is 12.1. The van der Waals surface area contributed by atoms with Crippen molar-refractivity contribution in [3.05, 3.63) is 30.1 Å². The van der Waals surface area contributed by atoms with Gasteiger partial charge in [0, 0.05) is 23.7 Å². The predicted octanol–water partition coefficient (Wildman–Crippen LogP) is 2.78. The largest absolute Gasteiger partial charge is 0.261 e. The zero-order chi connectivity index (χ0) is 13.6. The lowest BCUT2D eigenvalue weighted by Gasteiger charge is -2.31. The molecule has 0 fully saturated rings. The first-order valence-electron chi connectivity index (χ1n) is 6.44. The van der Waals surface area contributed by atoms with Crippen LogP contribution in [0, 0.1) is 5.92 Å². The number of hydroxylamine groups is 4. The van der Waals surface area contributed by atoms with E-state index in [9.17, 15) is 0 Å². The van der Waals surface area contributed by atoms with Crippen molar-refractivity contribution in [1.29, 1.82) is 0 Å². The molecule has 0 aromatic carbocycles. The zero-order valence-electron chi connectivity index (χ0n) is 12.1. The van der Waals surface area contributed by atoms with Crippen LogP contribution in [0.5, 0.6) is 0 Å². The first kappa shape index (κ1) is 15.1. The molecular weight excluding hydrogens is 228 g/mol. The summed E-state index contributed by atoms with van der Waals surface area (Å²) in [5.41, 5.74) is 1.14. The molecule has 18 heavy (non-hydrogen) atoms. The van der Waals surface area contributed by atoms with E-state index in [0.29, 0.717) is 11.8 Å². The molecule has 1 aromatic heterocycles. The molecular formula is C14H25N2O2+. The van der Waals surface area contributed by atoms with Crippen LogP contribution in [-0.4, -0.2) is 37.6 Å². The van der Waals surface area contributed by atoms with Gasteiger partial charge in [0.05, 0.1) is 14.2 Å². The number of hydrogen-bond acceptors (Lipinski definition) is 3. The van der Waals surface area contributed by atoms with Crippen molar-refractivity contribution in [2.45, 2.75) is 26.2 Å². The first-order valence-corrected chi connectivity index (χ1v) is 6.44. The Hall–Kier alpha value is -0.970. The minimum atomic E-state index is 0.157. The highest BCUT2D eigenvalue weighted by atomic mass is 17.0. The molecule has 0 amide bonds. The Morgan fingerprint density at radius 2 is 1.94 bits per heavy atom. The lowest BCUT2D eigenvalue weighted by molar-refractivity contribution is -1.23. The summed E-state index contributed by atoms with van der Waals surface area (Å²) in [6.45, 7) is 5.21. The molecule has 1 unspecified atom stereocenters. The Balaban J connectivity index is 2.77. The fourth-order valence-electron chi connectivity index (χ4n) is 2.37. The van der Waals surface area contributed by atoms with Crippen LogP contribution in [0.1, 0.15) is 31.9 Å². The Morgan fingerprint density at radius 3 is 2.39 bits per heavy atom. The molecule has 2 atom stereocenters. The van der Waals surface area contributed by atoms with Gasteiger partial charge in [0.15, 0.2) is 0 Å². The summed E-state index contributed by atoms with van der Waals surface area (Å²) in [4.78, 5) is 15.4. The maximum absolute atomic E-state index is 5.38. The third-order valence-electron chi connectivity index (χ3n) is 3.59. The van der Waals surface area contributed by atoms with Gasteiger partial charge in [0.25, 0.3) is 0 Å². The maximum atomic E-state index is 5.38. The van der Waals surface area contributed by atoms with Gasteiger partial charge in [0.2, 0.25) is 0 Å². The average Bonchev–Trinajstić information content (AvgIpc) is 2.40. The van der Waals surface area contributed by atoms with E-state index in [-0.39, 0.29) is 4.81 Å². The fraction of sp³-hybridized carbons (Fsp3) is 0.643. The Kier molecular flexibility index (Phi) is 5.72. The van der Waals surface area contributed by atoms with Crippen LogP contribution in [0.15, 0.2) is 24.4 Å². The van der Waals surface area contributed by atoms with Crippen LogP contribution < -0.4 is 0 Å². The van der Waals surface area contributed by atoms with Crippen molar-refractivity contribution in [3.8, 4) is 0 Å². The molecule has 102 valence electrons. The molecule has 0 aliphatic carbocycles. The molecule has 0 N–H and O–H groups in total. The molecule has 1 heterocycles. The van der Waals surface area contributed by atoms with E-state index < -0.39 is 0 Å². The Morgan fingerprint density at radius 1 is 1.28 bits per heavy atom. The van der Waals surface area contributed by atoms with Crippen LogP contribution in [0.2, 0.25) is 0 Å². The molecule has 1 aromatic rings. The number of nitrogens with zero attached hydrogens (tertiary/aromatic N) is 2. The number of hydrogen-bond donors (Lipinski definition) is 0. The minimum absolute atomic E-state index is 0.157. The van der Waals surface area contributed by atoms with Gasteiger partial charge < -0.3 is 0 Å². The maximum Gasteiger partial charge on any atom is 0.145 e. The van der Waals surface area contributed by atoms with E-state index in [1.165, 1.54) is 0 Å². The van der Waals surface area contributed by atoms with E-state index in [4.69, 9.17) is 9.68 Å². The molecule has 0 saturated heterocycles. The third-order valence-corrected chi connectivity index (χ3v) is 3.59. The summed E-state index contributed by atoms with van der Waals surface area (Å²) >= 11 is 0. The Bertz CT molecular complexity index is 339. The van der Waals surface area contributed by atoms with Crippen LogP contribution in [-0.2, 0) is 9.68 Å². The van der Waals surface area contributed by atoms with Gasteiger partial charge in [-0.1, -0.05) is 19.9 Å². The highest BCUT2D eigenvalue weighted by Gasteiger charge is 2.31. The molecule has 0 radical (unpaired) electrons. The summed E-state index contributed by atoms with van der Waals surface area (Å²) in [5, 5.41) is 0. The summed E-state index contributed by atoms with van der Waals surface area (Å²) in [6.07, 6.45) is 2.91. The van der Waals surface area contributed by atoms with Crippen molar-refractivity contribution in [1.82, 2.24) is 4.98 Å². The highest BCUT2D eigenvalue weighted by molar-refractivity contribution is 5.10. The molecule has 4 heteroatoms. The minimum Gasteiger partial charge on any atom is -0.261 e. The monoisotopic (exact) mass is 253 g/mol. The van der Waals surface area contributed by atoms with Crippen LogP contribution >= 0.6 is 0 Å². The van der Waals surface area contributed by atoms with Gasteiger partial charge >= 0.3 is 0 Å². The lowest BCUT2D eigenvalue weighted by atomic mass is 9.88. The second-order valence-electron chi connectivity index (χ2n) is 4.81. The van der Waals surface area contributed by atoms with Gasteiger partial charge in [-0.2, -0.15) is 9.68 Å². The number of pyridine rings is 1. The summed E-state index contributed by atoms with van der Waals surface area (Å²) in [7, 11) is 5.25. The molecule has 0 spiro atoms. The van der Waals surface area contributed by atoms with Crippen LogP contribution in [0.4, 0.5) is 0 Å². The van der Waals surface area contributed by atoms with E-state index in [1.807, 2.05) is 25.4 Å². The lowest BCUT2D eigenvalue weighted by Crippen LogP contribution is -2.45. The molecule has 4 nitrogen and oxygen atoms in total. The second kappa shape index (κ2) is 6.83. The van der Waals surface area contributed by atoms with Crippen molar-refractivity contribution < 1.29 is 14.5 Å². The predicted molar refractivity (Wildman–Crippen MR) is 71.5 cm³/mol. The standard InChI is InChI=1S/C14H25N2O2/c1-6-13(14-9-7-8-10-15-14)12(2)11-16(3,17-4)18-5/h7-10,12-13H,6,11H2,1-5H3/q+1/t12-,13?/m0/s1. The van der Waals surface area contributed by atoms with Gasteiger partial charge in [-0.05, 0) is 23.4 Å². The normalized spacial score (nSPS) is 15.4. The molecule has 0 saturated carbocycles. The topological polar surface area (TPSA) is 31.4 Å². The van der Waals surface area contributed by atoms with E-state index in [0.717, 1.165) is 18.7 Å². The first-order chi connectivity index (χ1) is 8.56. The van der Waals surface area contributed by atoms with Gasteiger partial charge in [0.1, 0.15) is 13.6 Å². The molecule has 0 bridgehead atoms. The highest BCUT2D eigenvalue weighted by Crippen LogP contribution is 2.28. The third kappa shape index (κ3) is 3.77. The van der Waals surface area contributed by atoms with Crippen LogP contribution in [0.25, 0.3) is 0 Å². The smallest absolute Gasteiger partial charge is 0.145 e. The molecule has 0 aliphatic rings. The van der Waals surface area contributed by atoms with E-state index >= 15 is 0 Å².